The number of pyridine rings is 1. The van der Waals surface area contributed by atoms with Gasteiger partial charge in [-0.2, -0.15) is 0 Å². The summed E-state index contributed by atoms with van der Waals surface area (Å²) >= 11 is 1.83. The summed E-state index contributed by atoms with van der Waals surface area (Å²) in [6.07, 6.45) is 2.54. The number of hydrogen-bond acceptors (Lipinski definition) is 4. The van der Waals surface area contributed by atoms with E-state index in [4.69, 9.17) is 4.74 Å². The summed E-state index contributed by atoms with van der Waals surface area (Å²) in [5.74, 6) is 1.21. The van der Waals surface area contributed by atoms with E-state index in [1.165, 1.54) is 17.6 Å². The molecule has 1 aliphatic rings. The van der Waals surface area contributed by atoms with Gasteiger partial charge in [0.05, 0.1) is 13.2 Å². The molecule has 0 saturated heterocycles. The van der Waals surface area contributed by atoms with Gasteiger partial charge in [0.25, 0.3) is 5.91 Å². The van der Waals surface area contributed by atoms with Gasteiger partial charge < -0.3 is 10.1 Å². The van der Waals surface area contributed by atoms with Crippen LogP contribution in [-0.2, 0) is 0 Å². The van der Waals surface area contributed by atoms with Crippen LogP contribution in [0.5, 0.6) is 5.88 Å². The van der Waals surface area contributed by atoms with Crippen LogP contribution < -0.4 is 10.1 Å². The van der Waals surface area contributed by atoms with E-state index >= 15 is 0 Å². The Bertz CT molecular complexity index is 660. The van der Waals surface area contributed by atoms with Crippen LogP contribution in [0.15, 0.2) is 47.5 Å². The molecule has 2 heterocycles. The Morgan fingerprint density at radius 1 is 1.33 bits per heavy atom. The van der Waals surface area contributed by atoms with Gasteiger partial charge in [0.1, 0.15) is 5.56 Å². The molecule has 0 unspecified atom stereocenters. The van der Waals surface area contributed by atoms with Gasteiger partial charge in [-0.25, -0.2) is 4.98 Å². The van der Waals surface area contributed by atoms with Crippen molar-refractivity contribution in [1.82, 2.24) is 10.3 Å². The number of rotatable bonds is 3. The zero-order valence-electron chi connectivity index (χ0n) is 11.7. The number of ether oxygens (including phenoxy) is 1. The summed E-state index contributed by atoms with van der Waals surface area (Å²) in [6.45, 7) is 0. The average Bonchev–Trinajstić information content (AvgIpc) is 2.55. The molecule has 5 heteroatoms. The lowest BCUT2D eigenvalue weighted by Gasteiger charge is -2.26. The summed E-state index contributed by atoms with van der Waals surface area (Å²) < 4.78 is 5.15. The van der Waals surface area contributed by atoms with Crippen LogP contribution in [0.3, 0.4) is 0 Å². The fourth-order valence-electron chi connectivity index (χ4n) is 2.45. The monoisotopic (exact) mass is 300 g/mol. The van der Waals surface area contributed by atoms with E-state index in [0.717, 1.165) is 12.2 Å². The molecule has 0 aliphatic carbocycles. The molecule has 1 aliphatic heterocycles. The highest BCUT2D eigenvalue weighted by atomic mass is 32.2. The Balaban J connectivity index is 1.83. The van der Waals surface area contributed by atoms with Crippen LogP contribution in [0.4, 0.5) is 0 Å². The van der Waals surface area contributed by atoms with Crippen molar-refractivity contribution in [3.8, 4) is 5.88 Å². The van der Waals surface area contributed by atoms with E-state index in [-0.39, 0.29) is 11.9 Å². The number of thioether (sulfide) groups is 1. The fourth-order valence-corrected chi connectivity index (χ4v) is 3.58. The molecule has 21 heavy (non-hydrogen) atoms. The number of nitrogens with zero attached hydrogens (tertiary/aromatic N) is 1. The van der Waals surface area contributed by atoms with Crippen molar-refractivity contribution in [2.45, 2.75) is 17.4 Å². The van der Waals surface area contributed by atoms with Crippen LogP contribution in [0.2, 0.25) is 0 Å². The number of carbonyl (C=O) groups excluding carboxylic acids is 1. The first-order chi connectivity index (χ1) is 10.3. The van der Waals surface area contributed by atoms with Crippen LogP contribution in [-0.4, -0.2) is 23.8 Å². The lowest BCUT2D eigenvalue weighted by molar-refractivity contribution is 0.0931. The van der Waals surface area contributed by atoms with Crippen molar-refractivity contribution in [1.29, 1.82) is 0 Å². The zero-order chi connectivity index (χ0) is 14.7. The normalized spacial score (nSPS) is 16.9. The van der Waals surface area contributed by atoms with E-state index in [1.54, 1.807) is 18.3 Å². The second-order valence-corrected chi connectivity index (χ2v) is 5.90. The SMILES string of the molecule is COc1ncccc1C(=O)N[C@H]1CCSc2ccccc21. The highest BCUT2D eigenvalue weighted by Crippen LogP contribution is 2.36. The van der Waals surface area contributed by atoms with Gasteiger partial charge in [0.15, 0.2) is 0 Å². The highest BCUT2D eigenvalue weighted by molar-refractivity contribution is 7.99. The third kappa shape index (κ3) is 2.88. The first-order valence-corrected chi connectivity index (χ1v) is 7.79. The Morgan fingerprint density at radius 2 is 2.19 bits per heavy atom. The third-order valence-corrected chi connectivity index (χ3v) is 4.60. The minimum atomic E-state index is -0.147. The fraction of sp³-hybridized carbons (Fsp3) is 0.250. The number of hydrogen-bond donors (Lipinski definition) is 1. The minimum absolute atomic E-state index is 0.0415. The molecular weight excluding hydrogens is 284 g/mol. The molecule has 1 amide bonds. The van der Waals surface area contributed by atoms with Gasteiger partial charge in [0.2, 0.25) is 5.88 Å². The van der Waals surface area contributed by atoms with E-state index < -0.39 is 0 Å². The average molecular weight is 300 g/mol. The molecule has 2 aromatic rings. The molecule has 108 valence electrons. The highest BCUT2D eigenvalue weighted by Gasteiger charge is 2.23. The Hall–Kier alpha value is -2.01. The van der Waals surface area contributed by atoms with Gasteiger partial charge in [0, 0.05) is 16.8 Å². The molecule has 3 rings (SSSR count). The Kier molecular flexibility index (Phi) is 4.10. The van der Waals surface area contributed by atoms with E-state index in [2.05, 4.69) is 22.4 Å². The minimum Gasteiger partial charge on any atom is -0.480 e. The number of nitrogens with one attached hydrogen (secondary N) is 1. The number of amides is 1. The standard InChI is InChI=1S/C16H16N2O2S/c1-20-16-12(6-4-9-17-16)15(19)18-13-8-10-21-14-7-3-2-5-11(13)14/h2-7,9,13H,8,10H2,1H3,(H,18,19)/t13-/m0/s1. The predicted molar refractivity (Wildman–Crippen MR) is 82.8 cm³/mol. The molecule has 0 spiro atoms. The van der Waals surface area contributed by atoms with Crippen LogP contribution in [0.1, 0.15) is 28.4 Å². The molecule has 4 nitrogen and oxygen atoms in total. The van der Waals surface area contributed by atoms with Crippen molar-refractivity contribution in [2.24, 2.45) is 0 Å². The lowest BCUT2D eigenvalue weighted by Crippen LogP contribution is -2.31. The quantitative estimate of drug-likeness (QED) is 0.946. The molecule has 1 aromatic heterocycles. The van der Waals surface area contributed by atoms with Crippen molar-refractivity contribution in [2.75, 3.05) is 12.9 Å². The summed E-state index contributed by atoms with van der Waals surface area (Å²) in [4.78, 5) is 17.8. The van der Waals surface area contributed by atoms with Gasteiger partial charge >= 0.3 is 0 Å². The second-order valence-electron chi connectivity index (χ2n) is 4.76. The second kappa shape index (κ2) is 6.18. The molecule has 0 saturated carbocycles. The lowest BCUT2D eigenvalue weighted by atomic mass is 10.0. The van der Waals surface area contributed by atoms with Crippen LogP contribution >= 0.6 is 11.8 Å². The van der Waals surface area contributed by atoms with Crippen molar-refractivity contribution in [3.05, 3.63) is 53.7 Å². The topological polar surface area (TPSA) is 51.2 Å². The molecular formula is C16H16N2O2S. The summed E-state index contributed by atoms with van der Waals surface area (Å²) in [5, 5.41) is 3.09. The third-order valence-electron chi connectivity index (χ3n) is 3.47. The maximum Gasteiger partial charge on any atom is 0.257 e. The Morgan fingerprint density at radius 3 is 3.05 bits per heavy atom. The molecule has 1 N–H and O–H groups in total. The first-order valence-electron chi connectivity index (χ1n) is 6.81. The number of aromatic nitrogens is 1. The van der Waals surface area contributed by atoms with Crippen molar-refractivity contribution >= 4 is 17.7 Å². The van der Waals surface area contributed by atoms with Gasteiger partial charge in [-0.3, -0.25) is 4.79 Å². The molecule has 1 atom stereocenters. The van der Waals surface area contributed by atoms with E-state index in [9.17, 15) is 4.79 Å². The zero-order valence-corrected chi connectivity index (χ0v) is 12.5. The van der Waals surface area contributed by atoms with Crippen LogP contribution in [0.25, 0.3) is 0 Å². The maximum atomic E-state index is 12.5. The maximum absolute atomic E-state index is 12.5. The molecule has 0 fully saturated rings. The first kappa shape index (κ1) is 13.9. The molecule has 0 radical (unpaired) electrons. The summed E-state index contributed by atoms with van der Waals surface area (Å²) in [5.41, 5.74) is 1.65. The number of fused-ring (bicyclic) bond motifs is 1. The van der Waals surface area contributed by atoms with E-state index in [0.29, 0.717) is 11.4 Å². The number of methoxy groups -OCH3 is 1. The smallest absolute Gasteiger partial charge is 0.257 e. The van der Waals surface area contributed by atoms with Crippen LogP contribution in [0, 0.1) is 0 Å². The van der Waals surface area contributed by atoms with Crippen molar-refractivity contribution < 1.29 is 9.53 Å². The molecule has 1 aromatic carbocycles. The predicted octanol–water partition coefficient (Wildman–Crippen LogP) is 3.06. The molecule has 0 bridgehead atoms. The number of carbonyl (C=O) groups is 1. The van der Waals surface area contributed by atoms with E-state index in [1.807, 2.05) is 23.9 Å². The number of benzene rings is 1. The summed E-state index contributed by atoms with van der Waals surface area (Å²) in [6, 6.07) is 11.7. The van der Waals surface area contributed by atoms with Gasteiger partial charge in [-0.1, -0.05) is 18.2 Å². The summed E-state index contributed by atoms with van der Waals surface area (Å²) in [7, 11) is 1.52. The van der Waals surface area contributed by atoms with Gasteiger partial charge in [-0.15, -0.1) is 11.8 Å². The van der Waals surface area contributed by atoms with Crippen molar-refractivity contribution in [3.63, 3.8) is 0 Å². The Labute approximate surface area is 127 Å². The largest absolute Gasteiger partial charge is 0.480 e. The van der Waals surface area contributed by atoms with Gasteiger partial charge in [-0.05, 0) is 30.2 Å².